The maximum atomic E-state index is 12.8. The molecule has 1 aliphatic carbocycles. The fourth-order valence-corrected chi connectivity index (χ4v) is 3.47. The second-order valence-electron chi connectivity index (χ2n) is 5.95. The molecule has 0 bridgehead atoms. The highest BCUT2D eigenvalue weighted by molar-refractivity contribution is 5.94. The summed E-state index contributed by atoms with van der Waals surface area (Å²) < 4.78 is 12.0. The number of rotatable bonds is 3. The lowest BCUT2D eigenvalue weighted by Gasteiger charge is -2.39. The first kappa shape index (κ1) is 15.0. The molecule has 1 saturated heterocycles. The quantitative estimate of drug-likeness (QED) is 0.847. The molecule has 2 aliphatic rings. The Kier molecular flexibility index (Phi) is 4.08. The molecular formula is C17H18N4O3. The van der Waals surface area contributed by atoms with Crippen molar-refractivity contribution in [2.24, 2.45) is 0 Å². The lowest BCUT2D eigenvalue weighted by molar-refractivity contribution is -0.0786. The van der Waals surface area contributed by atoms with Crippen LogP contribution in [0.1, 0.15) is 23.2 Å². The van der Waals surface area contributed by atoms with Gasteiger partial charge in [0.1, 0.15) is 18.0 Å². The summed E-state index contributed by atoms with van der Waals surface area (Å²) in [6.45, 7) is 1.10. The Morgan fingerprint density at radius 3 is 2.96 bits per heavy atom. The minimum absolute atomic E-state index is 0.0229. The van der Waals surface area contributed by atoms with Crippen molar-refractivity contribution in [3.63, 3.8) is 0 Å². The summed E-state index contributed by atoms with van der Waals surface area (Å²) in [5, 5.41) is 7.52. The van der Waals surface area contributed by atoms with E-state index in [0.717, 1.165) is 18.6 Å². The molecule has 2 fully saturated rings. The Bertz CT molecular complexity index is 697. The van der Waals surface area contributed by atoms with Crippen LogP contribution in [0.3, 0.4) is 0 Å². The molecule has 0 radical (unpaired) electrons. The topological polar surface area (TPSA) is 77.4 Å². The minimum Gasteiger partial charge on any atom is -0.486 e. The van der Waals surface area contributed by atoms with Crippen molar-refractivity contribution in [3.8, 4) is 5.75 Å². The maximum absolute atomic E-state index is 12.8. The van der Waals surface area contributed by atoms with Crippen molar-refractivity contribution in [1.82, 2.24) is 20.1 Å². The molecule has 7 heteroatoms. The van der Waals surface area contributed by atoms with Gasteiger partial charge in [-0.1, -0.05) is 0 Å². The molecule has 2 aromatic heterocycles. The third kappa shape index (κ3) is 2.82. The average Bonchev–Trinajstić information content (AvgIpc) is 3.06. The second-order valence-corrected chi connectivity index (χ2v) is 5.95. The van der Waals surface area contributed by atoms with Crippen LogP contribution < -0.4 is 4.74 Å². The molecule has 1 saturated carbocycles. The fourth-order valence-electron chi connectivity index (χ4n) is 3.47. The van der Waals surface area contributed by atoms with E-state index >= 15 is 0 Å². The number of fused-ring (bicyclic) bond motifs is 1. The van der Waals surface area contributed by atoms with Gasteiger partial charge in [-0.15, -0.1) is 0 Å². The van der Waals surface area contributed by atoms with Gasteiger partial charge in [0, 0.05) is 12.7 Å². The summed E-state index contributed by atoms with van der Waals surface area (Å²) >= 11 is 0. The summed E-state index contributed by atoms with van der Waals surface area (Å²) in [4.78, 5) is 18.7. The van der Waals surface area contributed by atoms with E-state index in [1.165, 1.54) is 12.4 Å². The zero-order valence-electron chi connectivity index (χ0n) is 13.1. The van der Waals surface area contributed by atoms with Gasteiger partial charge in [0.2, 0.25) is 0 Å². The van der Waals surface area contributed by atoms with E-state index in [1.807, 2.05) is 17.0 Å². The van der Waals surface area contributed by atoms with E-state index in [1.54, 1.807) is 18.5 Å². The van der Waals surface area contributed by atoms with Gasteiger partial charge in [-0.25, -0.2) is 0 Å². The van der Waals surface area contributed by atoms with Gasteiger partial charge < -0.3 is 14.4 Å². The Morgan fingerprint density at radius 1 is 1.21 bits per heavy atom. The maximum Gasteiger partial charge on any atom is 0.255 e. The first-order chi connectivity index (χ1) is 11.8. The molecule has 1 amide bonds. The summed E-state index contributed by atoms with van der Waals surface area (Å²) in [5.41, 5.74) is 0.558. The van der Waals surface area contributed by atoms with Crippen LogP contribution in [0, 0.1) is 0 Å². The van der Waals surface area contributed by atoms with E-state index in [-0.39, 0.29) is 24.2 Å². The smallest absolute Gasteiger partial charge is 0.255 e. The van der Waals surface area contributed by atoms with E-state index in [2.05, 4.69) is 15.2 Å². The van der Waals surface area contributed by atoms with Crippen molar-refractivity contribution in [2.75, 3.05) is 13.2 Å². The zero-order valence-corrected chi connectivity index (χ0v) is 13.1. The minimum atomic E-state index is -0.113. The molecular weight excluding hydrogens is 308 g/mol. The van der Waals surface area contributed by atoms with Crippen LogP contribution in [-0.4, -0.2) is 57.4 Å². The third-order valence-electron chi connectivity index (χ3n) is 4.55. The number of nitrogens with zero attached hydrogens (tertiary/aromatic N) is 4. The van der Waals surface area contributed by atoms with Crippen LogP contribution in [-0.2, 0) is 4.74 Å². The molecule has 1 aliphatic heterocycles. The molecule has 3 atom stereocenters. The third-order valence-corrected chi connectivity index (χ3v) is 4.55. The van der Waals surface area contributed by atoms with Crippen LogP contribution in [0.4, 0.5) is 0 Å². The number of morpholine rings is 1. The number of carbonyl (C=O) groups is 1. The molecule has 2 aromatic rings. The Balaban J connectivity index is 1.49. The Labute approximate surface area is 139 Å². The van der Waals surface area contributed by atoms with Crippen LogP contribution in [0.2, 0.25) is 0 Å². The predicted octanol–water partition coefficient (Wildman–Crippen LogP) is 1.32. The molecule has 0 unspecified atom stereocenters. The highest BCUT2D eigenvalue weighted by Gasteiger charge is 2.45. The summed E-state index contributed by atoms with van der Waals surface area (Å²) in [6, 6.07) is 5.45. The Hall–Kier alpha value is -2.54. The fraction of sp³-hybridized carbons (Fsp3) is 0.412. The van der Waals surface area contributed by atoms with Crippen LogP contribution in [0.5, 0.6) is 5.75 Å². The summed E-state index contributed by atoms with van der Waals surface area (Å²) in [6.07, 6.45) is 7.98. The number of carbonyl (C=O) groups excluding carboxylic acids is 1. The van der Waals surface area contributed by atoms with Gasteiger partial charge in [-0.2, -0.15) is 10.2 Å². The van der Waals surface area contributed by atoms with Crippen LogP contribution in [0.25, 0.3) is 0 Å². The highest BCUT2D eigenvalue weighted by atomic mass is 16.5. The normalized spacial score (nSPS) is 26.0. The largest absolute Gasteiger partial charge is 0.486 e. The van der Waals surface area contributed by atoms with Crippen LogP contribution >= 0.6 is 0 Å². The van der Waals surface area contributed by atoms with Crippen molar-refractivity contribution in [1.29, 1.82) is 0 Å². The molecule has 0 aromatic carbocycles. The molecule has 24 heavy (non-hydrogen) atoms. The first-order valence-electron chi connectivity index (χ1n) is 8.09. The predicted molar refractivity (Wildman–Crippen MR) is 84.5 cm³/mol. The summed E-state index contributed by atoms with van der Waals surface area (Å²) in [5.74, 6) is 0.707. The van der Waals surface area contributed by atoms with Crippen molar-refractivity contribution in [3.05, 3.63) is 48.5 Å². The van der Waals surface area contributed by atoms with Gasteiger partial charge in [0.25, 0.3) is 5.91 Å². The van der Waals surface area contributed by atoms with Crippen molar-refractivity contribution >= 4 is 5.91 Å². The van der Waals surface area contributed by atoms with Gasteiger partial charge in [-0.05, 0) is 31.0 Å². The first-order valence-corrected chi connectivity index (χ1v) is 8.09. The van der Waals surface area contributed by atoms with Gasteiger partial charge >= 0.3 is 0 Å². The molecule has 4 rings (SSSR count). The zero-order chi connectivity index (χ0) is 16.4. The van der Waals surface area contributed by atoms with Gasteiger partial charge in [0.05, 0.1) is 36.8 Å². The molecule has 124 valence electrons. The van der Waals surface area contributed by atoms with Crippen molar-refractivity contribution < 1.29 is 14.3 Å². The van der Waals surface area contributed by atoms with E-state index in [4.69, 9.17) is 9.47 Å². The van der Waals surface area contributed by atoms with Crippen LogP contribution in [0.15, 0.2) is 43.0 Å². The number of pyridine rings is 1. The van der Waals surface area contributed by atoms with E-state index in [9.17, 15) is 4.79 Å². The SMILES string of the molecule is O=C(c1ccnnc1)N1CCO[C@@H]2[C@@H](Oc3cccnc3)CC[C@H]21. The lowest BCUT2D eigenvalue weighted by atomic mass is 10.1. The number of amides is 1. The Morgan fingerprint density at radius 2 is 2.17 bits per heavy atom. The molecule has 7 nitrogen and oxygen atoms in total. The van der Waals surface area contributed by atoms with E-state index in [0.29, 0.717) is 18.7 Å². The number of hydrogen-bond acceptors (Lipinski definition) is 6. The van der Waals surface area contributed by atoms with Gasteiger partial charge in [0.15, 0.2) is 0 Å². The van der Waals surface area contributed by atoms with Gasteiger partial charge in [-0.3, -0.25) is 9.78 Å². The van der Waals surface area contributed by atoms with E-state index < -0.39 is 0 Å². The lowest BCUT2D eigenvalue weighted by Crippen LogP contribution is -2.54. The molecule has 0 spiro atoms. The monoisotopic (exact) mass is 326 g/mol. The standard InChI is InChI=1S/C17H18N4O3/c22-17(12-5-7-19-20-10-12)21-8-9-23-16-14(21)3-4-15(16)24-13-2-1-6-18-11-13/h1-2,5-7,10-11,14-16H,3-4,8-9H2/t14-,15+,16+/m1/s1. The average molecular weight is 326 g/mol. The molecule has 3 heterocycles. The summed E-state index contributed by atoms with van der Waals surface area (Å²) in [7, 11) is 0. The second kappa shape index (κ2) is 6.52. The van der Waals surface area contributed by atoms with Crippen molar-refractivity contribution in [2.45, 2.75) is 31.1 Å². The number of ether oxygens (including phenoxy) is 2. The number of aromatic nitrogens is 3. The molecule has 0 N–H and O–H groups in total. The highest BCUT2D eigenvalue weighted by Crippen LogP contribution is 2.33. The number of hydrogen-bond donors (Lipinski definition) is 0.